The molecule has 0 radical (unpaired) electrons. The molecule has 0 aromatic heterocycles. The van der Waals surface area contributed by atoms with Gasteiger partial charge in [-0.05, 0) is 43.4 Å². The Labute approximate surface area is 117 Å². The summed E-state index contributed by atoms with van der Waals surface area (Å²) in [4.78, 5) is 0. The average molecular weight is 261 g/mol. The fraction of sp³-hybridized carbons (Fsp3) is 0.647. The third-order valence-electron chi connectivity index (χ3n) is 4.73. The highest BCUT2D eigenvalue weighted by atomic mass is 16.5. The molecule has 2 heteroatoms. The molecule has 1 aromatic carbocycles. The molecule has 1 fully saturated rings. The second-order valence-corrected chi connectivity index (χ2v) is 6.01. The summed E-state index contributed by atoms with van der Waals surface area (Å²) in [6.07, 6.45) is 5.37. The van der Waals surface area contributed by atoms with Gasteiger partial charge in [-0.2, -0.15) is 0 Å². The van der Waals surface area contributed by atoms with Crippen LogP contribution in [0.15, 0.2) is 18.2 Å². The number of hydrogen-bond acceptors (Lipinski definition) is 2. The monoisotopic (exact) mass is 261 g/mol. The fourth-order valence-electron chi connectivity index (χ4n) is 3.62. The quantitative estimate of drug-likeness (QED) is 0.893. The van der Waals surface area contributed by atoms with Crippen molar-refractivity contribution in [2.75, 3.05) is 13.7 Å². The highest BCUT2D eigenvalue weighted by molar-refractivity contribution is 5.40. The molecule has 1 aromatic rings. The van der Waals surface area contributed by atoms with E-state index in [0.717, 1.165) is 18.2 Å². The second-order valence-electron chi connectivity index (χ2n) is 6.01. The SMILES string of the molecule is COc1ccc(C)cc1C(CN)C1CCCCC1C. The summed E-state index contributed by atoms with van der Waals surface area (Å²) in [7, 11) is 1.76. The summed E-state index contributed by atoms with van der Waals surface area (Å²) in [5.41, 5.74) is 8.71. The van der Waals surface area contributed by atoms with Gasteiger partial charge < -0.3 is 10.5 Å². The van der Waals surface area contributed by atoms with Crippen molar-refractivity contribution in [2.24, 2.45) is 17.6 Å². The lowest BCUT2D eigenvalue weighted by Gasteiger charge is -2.35. The van der Waals surface area contributed by atoms with E-state index in [1.807, 2.05) is 0 Å². The second kappa shape index (κ2) is 6.42. The lowest BCUT2D eigenvalue weighted by Crippen LogP contribution is -2.29. The van der Waals surface area contributed by atoms with E-state index in [1.165, 1.54) is 36.8 Å². The van der Waals surface area contributed by atoms with Crippen molar-refractivity contribution in [3.63, 3.8) is 0 Å². The van der Waals surface area contributed by atoms with Gasteiger partial charge in [0.1, 0.15) is 5.75 Å². The van der Waals surface area contributed by atoms with Crippen LogP contribution in [-0.2, 0) is 0 Å². The predicted molar refractivity (Wildman–Crippen MR) is 80.6 cm³/mol. The number of benzene rings is 1. The van der Waals surface area contributed by atoms with Crippen LogP contribution in [0.3, 0.4) is 0 Å². The molecule has 0 spiro atoms. The van der Waals surface area contributed by atoms with Gasteiger partial charge in [0, 0.05) is 5.92 Å². The van der Waals surface area contributed by atoms with Gasteiger partial charge in [-0.1, -0.05) is 43.9 Å². The van der Waals surface area contributed by atoms with Crippen molar-refractivity contribution in [3.05, 3.63) is 29.3 Å². The van der Waals surface area contributed by atoms with Crippen LogP contribution in [0.4, 0.5) is 0 Å². The molecule has 2 nitrogen and oxygen atoms in total. The Morgan fingerprint density at radius 3 is 2.68 bits per heavy atom. The molecule has 0 aliphatic heterocycles. The normalized spacial score (nSPS) is 25.1. The maximum atomic E-state index is 6.12. The molecule has 2 rings (SSSR count). The number of nitrogens with two attached hydrogens (primary N) is 1. The highest BCUT2D eigenvalue weighted by Crippen LogP contribution is 2.42. The van der Waals surface area contributed by atoms with E-state index < -0.39 is 0 Å². The van der Waals surface area contributed by atoms with Gasteiger partial charge in [-0.15, -0.1) is 0 Å². The summed E-state index contributed by atoms with van der Waals surface area (Å²) in [6, 6.07) is 6.46. The van der Waals surface area contributed by atoms with E-state index >= 15 is 0 Å². The predicted octanol–water partition coefficient (Wildman–Crippen LogP) is 3.87. The average Bonchev–Trinajstić information content (AvgIpc) is 2.42. The summed E-state index contributed by atoms with van der Waals surface area (Å²) in [6.45, 7) is 5.24. The van der Waals surface area contributed by atoms with Crippen LogP contribution in [0.2, 0.25) is 0 Å². The first kappa shape index (κ1) is 14.4. The first-order chi connectivity index (χ1) is 9.17. The van der Waals surface area contributed by atoms with Gasteiger partial charge in [0.25, 0.3) is 0 Å². The molecule has 0 amide bonds. The zero-order valence-corrected chi connectivity index (χ0v) is 12.5. The minimum atomic E-state index is 0.435. The summed E-state index contributed by atoms with van der Waals surface area (Å²) < 4.78 is 5.55. The molecule has 0 saturated heterocycles. The van der Waals surface area contributed by atoms with Crippen molar-refractivity contribution in [1.82, 2.24) is 0 Å². The van der Waals surface area contributed by atoms with E-state index in [4.69, 9.17) is 10.5 Å². The van der Waals surface area contributed by atoms with Crippen molar-refractivity contribution in [1.29, 1.82) is 0 Å². The van der Waals surface area contributed by atoms with Gasteiger partial charge in [0.15, 0.2) is 0 Å². The van der Waals surface area contributed by atoms with Gasteiger partial charge in [-0.3, -0.25) is 0 Å². The molecule has 106 valence electrons. The summed E-state index contributed by atoms with van der Waals surface area (Å²) in [5.74, 6) is 2.91. The molecule has 1 aliphatic rings. The van der Waals surface area contributed by atoms with Crippen LogP contribution >= 0.6 is 0 Å². The first-order valence-corrected chi connectivity index (χ1v) is 7.52. The number of ether oxygens (including phenoxy) is 1. The topological polar surface area (TPSA) is 35.2 Å². The Bertz CT molecular complexity index is 416. The Hall–Kier alpha value is -1.02. The smallest absolute Gasteiger partial charge is 0.122 e. The van der Waals surface area contributed by atoms with E-state index in [9.17, 15) is 0 Å². The third-order valence-corrected chi connectivity index (χ3v) is 4.73. The number of hydrogen-bond donors (Lipinski definition) is 1. The maximum absolute atomic E-state index is 6.12. The fourth-order valence-corrected chi connectivity index (χ4v) is 3.62. The number of methoxy groups -OCH3 is 1. The van der Waals surface area contributed by atoms with Crippen molar-refractivity contribution < 1.29 is 4.74 Å². The van der Waals surface area contributed by atoms with Crippen LogP contribution in [0.1, 0.15) is 49.7 Å². The highest BCUT2D eigenvalue weighted by Gasteiger charge is 2.30. The van der Waals surface area contributed by atoms with E-state index in [0.29, 0.717) is 11.8 Å². The van der Waals surface area contributed by atoms with Crippen molar-refractivity contribution in [3.8, 4) is 5.75 Å². The summed E-state index contributed by atoms with van der Waals surface area (Å²) in [5, 5.41) is 0. The van der Waals surface area contributed by atoms with Crippen LogP contribution in [-0.4, -0.2) is 13.7 Å². The molecule has 1 saturated carbocycles. The van der Waals surface area contributed by atoms with Gasteiger partial charge in [-0.25, -0.2) is 0 Å². The Kier molecular flexibility index (Phi) is 4.87. The zero-order chi connectivity index (χ0) is 13.8. The Morgan fingerprint density at radius 2 is 2.05 bits per heavy atom. The summed E-state index contributed by atoms with van der Waals surface area (Å²) >= 11 is 0. The molecule has 0 bridgehead atoms. The van der Waals surface area contributed by atoms with Gasteiger partial charge >= 0.3 is 0 Å². The van der Waals surface area contributed by atoms with E-state index in [-0.39, 0.29) is 0 Å². The van der Waals surface area contributed by atoms with Crippen LogP contribution in [0, 0.1) is 18.8 Å². The molecule has 1 aliphatic carbocycles. The molecular formula is C17H27NO. The van der Waals surface area contributed by atoms with Gasteiger partial charge in [0.05, 0.1) is 7.11 Å². The van der Waals surface area contributed by atoms with Crippen LogP contribution < -0.4 is 10.5 Å². The van der Waals surface area contributed by atoms with Crippen molar-refractivity contribution in [2.45, 2.75) is 45.4 Å². The zero-order valence-electron chi connectivity index (χ0n) is 12.5. The Balaban J connectivity index is 2.32. The molecule has 3 unspecified atom stereocenters. The Morgan fingerprint density at radius 1 is 1.32 bits per heavy atom. The van der Waals surface area contributed by atoms with E-state index in [1.54, 1.807) is 7.11 Å². The largest absolute Gasteiger partial charge is 0.496 e. The number of aryl methyl sites for hydroxylation is 1. The van der Waals surface area contributed by atoms with Gasteiger partial charge in [0.2, 0.25) is 0 Å². The lowest BCUT2D eigenvalue weighted by atomic mass is 9.70. The van der Waals surface area contributed by atoms with Crippen molar-refractivity contribution >= 4 is 0 Å². The maximum Gasteiger partial charge on any atom is 0.122 e. The minimum Gasteiger partial charge on any atom is -0.496 e. The molecular weight excluding hydrogens is 234 g/mol. The van der Waals surface area contributed by atoms with E-state index in [2.05, 4.69) is 32.0 Å². The van der Waals surface area contributed by atoms with Crippen LogP contribution in [0.5, 0.6) is 5.75 Å². The minimum absolute atomic E-state index is 0.435. The lowest BCUT2D eigenvalue weighted by molar-refractivity contribution is 0.216. The molecule has 3 atom stereocenters. The standard InChI is InChI=1S/C17H27NO/c1-12-8-9-17(19-3)15(10-12)16(11-18)14-7-5-4-6-13(14)2/h8-10,13-14,16H,4-7,11,18H2,1-3H3. The molecule has 19 heavy (non-hydrogen) atoms. The first-order valence-electron chi connectivity index (χ1n) is 7.52. The number of rotatable bonds is 4. The third kappa shape index (κ3) is 3.11. The van der Waals surface area contributed by atoms with Crippen LogP contribution in [0.25, 0.3) is 0 Å². The molecule has 0 heterocycles. The molecule has 2 N–H and O–H groups in total.